The van der Waals surface area contributed by atoms with E-state index in [1.807, 2.05) is 24.3 Å². The van der Waals surface area contributed by atoms with E-state index in [9.17, 15) is 0 Å². The average molecular weight is 332 g/mol. The second-order valence-electron chi connectivity index (χ2n) is 2.99. The van der Waals surface area contributed by atoms with E-state index >= 15 is 0 Å². The van der Waals surface area contributed by atoms with Gasteiger partial charge in [-0.3, -0.25) is 0 Å². The number of halogens is 2. The van der Waals surface area contributed by atoms with E-state index in [1.54, 1.807) is 7.05 Å². The Kier molecular flexibility index (Phi) is 4.20. The normalized spacial score (nSPS) is 10.3. The molecule has 0 saturated carbocycles. The first-order chi connectivity index (χ1) is 8.19. The predicted octanol–water partition coefficient (Wildman–Crippen LogP) is 3.48. The van der Waals surface area contributed by atoms with E-state index in [-0.39, 0.29) is 5.28 Å². The molecule has 0 fully saturated rings. The van der Waals surface area contributed by atoms with Gasteiger partial charge in [-0.05, 0) is 51.4 Å². The Morgan fingerprint density at radius 3 is 2.71 bits per heavy atom. The van der Waals surface area contributed by atoms with Crippen LogP contribution in [-0.4, -0.2) is 22.0 Å². The molecule has 17 heavy (non-hydrogen) atoms. The van der Waals surface area contributed by atoms with Crippen molar-refractivity contribution in [1.29, 1.82) is 0 Å². The lowest BCUT2D eigenvalue weighted by Gasteiger charge is -2.04. The average Bonchev–Trinajstić information content (AvgIpc) is 2.31. The number of nitrogens with zero attached hydrogens (tertiary/aromatic N) is 3. The van der Waals surface area contributed by atoms with Gasteiger partial charge >= 0.3 is 0 Å². The molecule has 1 aromatic heterocycles. The maximum absolute atomic E-state index is 5.81. The zero-order valence-corrected chi connectivity index (χ0v) is 12.0. The predicted molar refractivity (Wildman–Crippen MR) is 72.6 cm³/mol. The van der Waals surface area contributed by atoms with E-state index < -0.39 is 0 Å². The number of nitrogens with one attached hydrogen (secondary N) is 1. The standard InChI is InChI=1S/C10H8BrClN4S/c1-13-9-14-8(12)15-10(16-9)17-7-5-3-2-4-6(7)11/h2-5H,1H3,(H,13,14,15,16). The lowest BCUT2D eigenvalue weighted by Crippen LogP contribution is -1.99. The third kappa shape index (κ3) is 3.31. The molecule has 7 heteroatoms. The summed E-state index contributed by atoms with van der Waals surface area (Å²) in [4.78, 5) is 13.2. The van der Waals surface area contributed by atoms with Crippen molar-refractivity contribution in [3.63, 3.8) is 0 Å². The van der Waals surface area contributed by atoms with Crippen LogP contribution in [0, 0.1) is 0 Å². The second-order valence-corrected chi connectivity index (χ2v) is 5.19. The van der Waals surface area contributed by atoms with E-state index in [2.05, 4.69) is 36.2 Å². The molecule has 1 heterocycles. The molecule has 0 atom stereocenters. The Labute approximate surface area is 116 Å². The van der Waals surface area contributed by atoms with Gasteiger partial charge in [0.15, 0.2) is 5.16 Å². The van der Waals surface area contributed by atoms with Crippen molar-refractivity contribution in [3.05, 3.63) is 34.0 Å². The molecule has 0 saturated heterocycles. The highest BCUT2D eigenvalue weighted by atomic mass is 79.9. The van der Waals surface area contributed by atoms with Crippen molar-refractivity contribution in [1.82, 2.24) is 15.0 Å². The Balaban J connectivity index is 2.30. The highest BCUT2D eigenvalue weighted by molar-refractivity contribution is 9.10. The van der Waals surface area contributed by atoms with Crippen LogP contribution in [0.4, 0.5) is 5.95 Å². The van der Waals surface area contributed by atoms with Crippen LogP contribution in [0.3, 0.4) is 0 Å². The largest absolute Gasteiger partial charge is 0.357 e. The van der Waals surface area contributed by atoms with Gasteiger partial charge < -0.3 is 5.32 Å². The van der Waals surface area contributed by atoms with Crippen LogP contribution < -0.4 is 5.32 Å². The molecule has 0 amide bonds. The Morgan fingerprint density at radius 2 is 2.00 bits per heavy atom. The molecule has 2 aromatic rings. The molecule has 0 aliphatic carbocycles. The summed E-state index contributed by atoms with van der Waals surface area (Å²) in [5, 5.41) is 3.57. The molecule has 4 nitrogen and oxygen atoms in total. The van der Waals surface area contributed by atoms with Crippen molar-refractivity contribution in [2.75, 3.05) is 12.4 Å². The second kappa shape index (κ2) is 5.66. The highest BCUT2D eigenvalue weighted by Gasteiger charge is 2.07. The molecular weight excluding hydrogens is 324 g/mol. The smallest absolute Gasteiger partial charge is 0.228 e. The Bertz CT molecular complexity index is 537. The van der Waals surface area contributed by atoms with Gasteiger partial charge in [0, 0.05) is 16.4 Å². The SMILES string of the molecule is CNc1nc(Cl)nc(Sc2ccccc2Br)n1. The number of hydrogen-bond donors (Lipinski definition) is 1. The van der Waals surface area contributed by atoms with Crippen LogP contribution in [0.5, 0.6) is 0 Å². The summed E-state index contributed by atoms with van der Waals surface area (Å²) in [5.74, 6) is 0.458. The summed E-state index contributed by atoms with van der Waals surface area (Å²) in [6, 6.07) is 7.85. The molecule has 0 radical (unpaired) electrons. The third-order valence-corrected chi connectivity index (χ3v) is 3.91. The molecule has 0 unspecified atom stereocenters. The van der Waals surface area contributed by atoms with Crippen LogP contribution in [0.15, 0.2) is 38.8 Å². The fourth-order valence-electron chi connectivity index (χ4n) is 1.12. The minimum atomic E-state index is 0.180. The minimum absolute atomic E-state index is 0.180. The van der Waals surface area contributed by atoms with Gasteiger partial charge in [0.1, 0.15) is 0 Å². The fourth-order valence-corrected chi connectivity index (χ4v) is 2.63. The number of rotatable bonds is 3. The summed E-state index contributed by atoms with van der Waals surface area (Å²) < 4.78 is 0.993. The van der Waals surface area contributed by atoms with Crippen LogP contribution in [-0.2, 0) is 0 Å². The quantitative estimate of drug-likeness (QED) is 0.933. The van der Waals surface area contributed by atoms with Crippen LogP contribution in [0.1, 0.15) is 0 Å². The van der Waals surface area contributed by atoms with Crippen LogP contribution >= 0.6 is 39.3 Å². The molecule has 0 aliphatic rings. The minimum Gasteiger partial charge on any atom is -0.357 e. The van der Waals surface area contributed by atoms with Crippen molar-refractivity contribution in [2.24, 2.45) is 0 Å². The van der Waals surface area contributed by atoms with Crippen molar-refractivity contribution in [2.45, 2.75) is 10.1 Å². The fraction of sp³-hybridized carbons (Fsp3) is 0.100. The van der Waals surface area contributed by atoms with E-state index in [4.69, 9.17) is 11.6 Å². The summed E-state index contributed by atoms with van der Waals surface area (Å²) in [7, 11) is 1.73. The van der Waals surface area contributed by atoms with E-state index in [0.717, 1.165) is 9.37 Å². The molecule has 88 valence electrons. The van der Waals surface area contributed by atoms with Gasteiger partial charge in [-0.2, -0.15) is 15.0 Å². The first-order valence-corrected chi connectivity index (χ1v) is 6.69. The van der Waals surface area contributed by atoms with Crippen LogP contribution in [0.2, 0.25) is 5.28 Å². The Hall–Kier alpha value is -0.850. The summed E-state index contributed by atoms with van der Waals surface area (Å²) >= 11 is 10.7. The van der Waals surface area contributed by atoms with Gasteiger partial charge in [0.2, 0.25) is 11.2 Å². The lowest BCUT2D eigenvalue weighted by molar-refractivity contribution is 0.908. The van der Waals surface area contributed by atoms with E-state index in [0.29, 0.717) is 11.1 Å². The number of aromatic nitrogens is 3. The van der Waals surface area contributed by atoms with Gasteiger partial charge in [0.05, 0.1) is 0 Å². The Morgan fingerprint density at radius 1 is 1.24 bits per heavy atom. The molecule has 0 bridgehead atoms. The maximum atomic E-state index is 5.81. The van der Waals surface area contributed by atoms with Crippen LogP contribution in [0.25, 0.3) is 0 Å². The van der Waals surface area contributed by atoms with Crippen molar-refractivity contribution >= 4 is 45.2 Å². The number of anilines is 1. The van der Waals surface area contributed by atoms with Crippen molar-refractivity contribution < 1.29 is 0 Å². The first kappa shape index (κ1) is 12.6. The molecule has 2 rings (SSSR count). The number of benzene rings is 1. The van der Waals surface area contributed by atoms with Gasteiger partial charge in [-0.1, -0.05) is 12.1 Å². The lowest BCUT2D eigenvalue weighted by atomic mass is 10.4. The van der Waals surface area contributed by atoms with Gasteiger partial charge in [0.25, 0.3) is 0 Å². The summed E-state index contributed by atoms with van der Waals surface area (Å²) in [6.07, 6.45) is 0. The topological polar surface area (TPSA) is 50.7 Å². The van der Waals surface area contributed by atoms with Gasteiger partial charge in [-0.15, -0.1) is 0 Å². The maximum Gasteiger partial charge on any atom is 0.228 e. The summed E-state index contributed by atoms with van der Waals surface area (Å²) in [6.45, 7) is 0. The zero-order chi connectivity index (χ0) is 12.3. The van der Waals surface area contributed by atoms with E-state index in [1.165, 1.54) is 11.8 Å². The third-order valence-electron chi connectivity index (χ3n) is 1.85. The first-order valence-electron chi connectivity index (χ1n) is 4.71. The monoisotopic (exact) mass is 330 g/mol. The molecule has 1 aromatic carbocycles. The zero-order valence-electron chi connectivity index (χ0n) is 8.82. The molecule has 0 spiro atoms. The van der Waals surface area contributed by atoms with Crippen molar-refractivity contribution in [3.8, 4) is 0 Å². The van der Waals surface area contributed by atoms with Gasteiger partial charge in [-0.25, -0.2) is 0 Å². The highest BCUT2D eigenvalue weighted by Crippen LogP contribution is 2.31. The number of hydrogen-bond acceptors (Lipinski definition) is 5. The molecule has 0 aliphatic heterocycles. The summed E-state index contributed by atoms with van der Waals surface area (Å²) in [5.41, 5.74) is 0. The molecular formula is C10H8BrClN4S. The molecule has 1 N–H and O–H groups in total.